The third kappa shape index (κ3) is 6.84. The van der Waals surface area contributed by atoms with Gasteiger partial charge in [-0.1, -0.05) is 72.3 Å². The van der Waals surface area contributed by atoms with Crippen molar-refractivity contribution in [2.75, 3.05) is 43.5 Å². The molecule has 1 unspecified atom stereocenters. The quantitative estimate of drug-likeness (QED) is 0.223. The Morgan fingerprint density at radius 3 is 2.14 bits per heavy atom. The number of benzene rings is 4. The predicted octanol–water partition coefficient (Wildman–Crippen LogP) is 7.31. The SMILES string of the molecule is COC(=O)C(c1ccccc1)N1CCN(c2ccc(NC(=O)c3ccccc3-c3ccc(C(F)(F)F)cc3)cc2Cl)CC1. The van der Waals surface area contributed by atoms with Gasteiger partial charge in [0.25, 0.3) is 5.91 Å². The number of halogens is 4. The fourth-order valence-electron chi connectivity index (χ4n) is 5.28. The Balaban J connectivity index is 1.27. The fourth-order valence-corrected chi connectivity index (χ4v) is 5.58. The van der Waals surface area contributed by atoms with E-state index in [1.165, 1.54) is 19.2 Å². The largest absolute Gasteiger partial charge is 0.468 e. The molecule has 0 bridgehead atoms. The van der Waals surface area contributed by atoms with Crippen molar-refractivity contribution in [1.82, 2.24) is 4.90 Å². The van der Waals surface area contributed by atoms with E-state index in [4.69, 9.17) is 16.3 Å². The second-order valence-corrected chi connectivity index (χ2v) is 10.5. The van der Waals surface area contributed by atoms with Gasteiger partial charge in [-0.15, -0.1) is 0 Å². The number of hydrogen-bond donors (Lipinski definition) is 1. The van der Waals surface area contributed by atoms with Gasteiger partial charge in [0.2, 0.25) is 0 Å². The van der Waals surface area contributed by atoms with E-state index in [1.54, 1.807) is 36.4 Å². The van der Waals surface area contributed by atoms with Crippen LogP contribution in [0, 0.1) is 0 Å². The highest BCUT2D eigenvalue weighted by atomic mass is 35.5. The van der Waals surface area contributed by atoms with E-state index < -0.39 is 23.7 Å². The van der Waals surface area contributed by atoms with Crippen LogP contribution in [0.1, 0.15) is 27.5 Å². The van der Waals surface area contributed by atoms with E-state index in [0.717, 1.165) is 23.4 Å². The van der Waals surface area contributed by atoms with Crippen molar-refractivity contribution in [3.05, 3.63) is 119 Å². The Morgan fingerprint density at radius 1 is 0.860 bits per heavy atom. The first-order chi connectivity index (χ1) is 20.7. The zero-order chi connectivity index (χ0) is 30.6. The van der Waals surface area contributed by atoms with Gasteiger partial charge in [-0.3, -0.25) is 9.69 Å². The van der Waals surface area contributed by atoms with Crippen LogP contribution in [0.15, 0.2) is 97.1 Å². The summed E-state index contributed by atoms with van der Waals surface area (Å²) >= 11 is 6.67. The smallest absolute Gasteiger partial charge is 0.416 e. The molecule has 43 heavy (non-hydrogen) atoms. The zero-order valence-electron chi connectivity index (χ0n) is 23.3. The molecule has 0 aromatic heterocycles. The molecular weight excluding hydrogens is 579 g/mol. The number of hydrogen-bond acceptors (Lipinski definition) is 5. The summed E-state index contributed by atoms with van der Waals surface area (Å²) in [5.41, 5.74) is 2.73. The van der Waals surface area contributed by atoms with Crippen molar-refractivity contribution in [3.63, 3.8) is 0 Å². The van der Waals surface area contributed by atoms with E-state index in [1.807, 2.05) is 36.4 Å². The molecular formula is C33H29ClF3N3O3. The average molecular weight is 608 g/mol. The molecule has 4 aromatic carbocycles. The average Bonchev–Trinajstić information content (AvgIpc) is 3.02. The first-order valence-electron chi connectivity index (χ1n) is 13.6. The number of ether oxygens (including phenoxy) is 1. The number of alkyl halides is 3. The lowest BCUT2D eigenvalue weighted by molar-refractivity contribution is -0.147. The molecule has 0 aliphatic carbocycles. The van der Waals surface area contributed by atoms with Crippen LogP contribution in [0.4, 0.5) is 24.5 Å². The fraction of sp³-hybridized carbons (Fsp3) is 0.212. The second-order valence-electron chi connectivity index (χ2n) is 10.1. The van der Waals surface area contributed by atoms with Crippen LogP contribution in [0.2, 0.25) is 5.02 Å². The highest BCUT2D eigenvalue weighted by molar-refractivity contribution is 6.33. The lowest BCUT2D eigenvalue weighted by Gasteiger charge is -2.39. The molecule has 1 aliphatic heterocycles. The molecule has 4 aromatic rings. The maximum absolute atomic E-state index is 13.2. The number of esters is 1. The molecule has 1 N–H and O–H groups in total. The van der Waals surface area contributed by atoms with Gasteiger partial charge >= 0.3 is 12.1 Å². The Hall–Kier alpha value is -4.34. The topological polar surface area (TPSA) is 61.9 Å². The minimum absolute atomic E-state index is 0.308. The number of anilines is 2. The van der Waals surface area contributed by atoms with Crippen LogP contribution in [0.5, 0.6) is 0 Å². The normalized spacial score (nSPS) is 14.7. The molecule has 0 radical (unpaired) electrons. The molecule has 6 nitrogen and oxygen atoms in total. The van der Waals surface area contributed by atoms with Crippen LogP contribution in [-0.4, -0.2) is 50.1 Å². The van der Waals surface area contributed by atoms with Crippen LogP contribution in [0.25, 0.3) is 11.1 Å². The summed E-state index contributed by atoms with van der Waals surface area (Å²) in [6.07, 6.45) is -4.44. The standard InChI is InChI=1S/C33H29ClF3N3O3/c1-43-32(42)30(23-7-3-2-4-8-23)40-19-17-39(18-20-40)29-16-15-25(21-28(29)34)38-31(41)27-10-6-5-9-26(27)22-11-13-24(14-12-22)33(35,36)37/h2-16,21,30H,17-20H2,1H3,(H,38,41). The summed E-state index contributed by atoms with van der Waals surface area (Å²) < 4.78 is 44.1. The molecule has 1 aliphatic rings. The van der Waals surface area contributed by atoms with Gasteiger partial charge in [-0.05, 0) is 53.1 Å². The summed E-state index contributed by atoms with van der Waals surface area (Å²) in [7, 11) is 1.39. The Kier molecular flexibility index (Phi) is 9.03. The monoisotopic (exact) mass is 607 g/mol. The van der Waals surface area contributed by atoms with Crippen molar-refractivity contribution >= 4 is 34.9 Å². The number of nitrogens with zero attached hydrogens (tertiary/aromatic N) is 2. The number of carbonyl (C=O) groups is 2. The lowest BCUT2D eigenvalue weighted by Crippen LogP contribution is -2.49. The first kappa shape index (κ1) is 30.1. The third-order valence-electron chi connectivity index (χ3n) is 7.46. The molecule has 222 valence electrons. The minimum atomic E-state index is -4.44. The second kappa shape index (κ2) is 12.9. The number of piperazine rings is 1. The van der Waals surface area contributed by atoms with Gasteiger partial charge in [0.15, 0.2) is 0 Å². The molecule has 0 spiro atoms. The van der Waals surface area contributed by atoms with E-state index in [9.17, 15) is 22.8 Å². The highest BCUT2D eigenvalue weighted by Gasteiger charge is 2.32. The zero-order valence-corrected chi connectivity index (χ0v) is 24.0. The lowest BCUT2D eigenvalue weighted by atomic mass is 9.98. The van der Waals surface area contributed by atoms with E-state index in [2.05, 4.69) is 15.1 Å². The number of carbonyl (C=O) groups excluding carboxylic acids is 2. The molecule has 1 atom stereocenters. The summed E-state index contributed by atoms with van der Waals surface area (Å²) in [4.78, 5) is 30.1. The van der Waals surface area contributed by atoms with Crippen molar-refractivity contribution < 1.29 is 27.5 Å². The molecule has 10 heteroatoms. The van der Waals surface area contributed by atoms with Gasteiger partial charge < -0.3 is 15.0 Å². The van der Waals surface area contributed by atoms with E-state index in [0.29, 0.717) is 53.6 Å². The van der Waals surface area contributed by atoms with Crippen LogP contribution < -0.4 is 10.2 Å². The van der Waals surface area contributed by atoms with Crippen molar-refractivity contribution in [1.29, 1.82) is 0 Å². The van der Waals surface area contributed by atoms with E-state index in [-0.39, 0.29) is 5.97 Å². The summed E-state index contributed by atoms with van der Waals surface area (Å²) in [5.74, 6) is -0.722. The van der Waals surface area contributed by atoms with Gasteiger partial charge in [0, 0.05) is 37.4 Å². The Bertz CT molecular complexity index is 1590. The van der Waals surface area contributed by atoms with Crippen LogP contribution >= 0.6 is 11.6 Å². The Labute approximate surface area is 252 Å². The van der Waals surface area contributed by atoms with E-state index >= 15 is 0 Å². The Morgan fingerprint density at radius 2 is 1.51 bits per heavy atom. The molecule has 1 fully saturated rings. The number of nitrogens with one attached hydrogen (secondary N) is 1. The van der Waals surface area contributed by atoms with Gasteiger partial charge in [-0.2, -0.15) is 13.2 Å². The number of rotatable bonds is 7. The minimum Gasteiger partial charge on any atom is -0.468 e. The van der Waals surface area contributed by atoms with Gasteiger partial charge in [0.1, 0.15) is 6.04 Å². The molecule has 1 amide bonds. The van der Waals surface area contributed by atoms with Crippen molar-refractivity contribution in [3.8, 4) is 11.1 Å². The summed E-state index contributed by atoms with van der Waals surface area (Å²) in [6.45, 7) is 2.49. The maximum atomic E-state index is 13.2. The maximum Gasteiger partial charge on any atom is 0.416 e. The number of methoxy groups -OCH3 is 1. The summed E-state index contributed by atoms with van der Waals surface area (Å²) in [6, 6.07) is 25.7. The van der Waals surface area contributed by atoms with Gasteiger partial charge in [0.05, 0.1) is 23.4 Å². The van der Waals surface area contributed by atoms with Crippen molar-refractivity contribution in [2.45, 2.75) is 12.2 Å². The molecule has 1 heterocycles. The number of amides is 1. The van der Waals surface area contributed by atoms with Crippen LogP contribution in [-0.2, 0) is 15.7 Å². The summed E-state index contributed by atoms with van der Waals surface area (Å²) in [5, 5.41) is 3.31. The molecule has 5 rings (SSSR count). The molecule has 0 saturated carbocycles. The predicted molar refractivity (Wildman–Crippen MR) is 161 cm³/mol. The van der Waals surface area contributed by atoms with Gasteiger partial charge in [-0.25, -0.2) is 4.79 Å². The molecule has 1 saturated heterocycles. The highest BCUT2D eigenvalue weighted by Crippen LogP contribution is 2.34. The first-order valence-corrected chi connectivity index (χ1v) is 14.0. The third-order valence-corrected chi connectivity index (χ3v) is 7.76. The van der Waals surface area contributed by atoms with Crippen LogP contribution in [0.3, 0.4) is 0 Å². The van der Waals surface area contributed by atoms with Crippen molar-refractivity contribution in [2.24, 2.45) is 0 Å².